The maximum absolute atomic E-state index is 13.1. The summed E-state index contributed by atoms with van der Waals surface area (Å²) >= 11 is 0. The Bertz CT molecular complexity index is 531. The summed E-state index contributed by atoms with van der Waals surface area (Å²) in [6, 6.07) is 6.74. The summed E-state index contributed by atoms with van der Waals surface area (Å²) < 4.78 is 39.4. The molecular formula is C18H29F3N3+3. The molecule has 2 aliphatic rings. The number of halogens is 3. The summed E-state index contributed by atoms with van der Waals surface area (Å²) in [5.41, 5.74) is -0.0266. The van der Waals surface area contributed by atoms with Crippen LogP contribution in [0, 0.1) is 0 Å². The van der Waals surface area contributed by atoms with E-state index in [1.165, 1.54) is 43.2 Å². The molecule has 0 amide bonds. The molecule has 1 aromatic carbocycles. The van der Waals surface area contributed by atoms with Crippen molar-refractivity contribution in [2.75, 3.05) is 46.3 Å². The van der Waals surface area contributed by atoms with Crippen LogP contribution in [-0.4, -0.2) is 52.4 Å². The fraction of sp³-hybridized carbons (Fsp3) is 0.667. The summed E-state index contributed by atoms with van der Waals surface area (Å²) in [7, 11) is 2.25. The van der Waals surface area contributed by atoms with E-state index >= 15 is 0 Å². The van der Waals surface area contributed by atoms with E-state index in [0.29, 0.717) is 18.2 Å². The number of piperazine rings is 1. The average molecular weight is 344 g/mol. The molecule has 1 aromatic rings. The van der Waals surface area contributed by atoms with Gasteiger partial charge in [0.15, 0.2) is 0 Å². The van der Waals surface area contributed by atoms with E-state index in [1.807, 2.05) is 0 Å². The average Bonchev–Trinajstić information content (AvgIpc) is 2.56. The Kier molecular flexibility index (Phi) is 5.47. The van der Waals surface area contributed by atoms with Gasteiger partial charge in [-0.05, 0) is 6.07 Å². The van der Waals surface area contributed by atoms with Gasteiger partial charge >= 0.3 is 6.18 Å². The van der Waals surface area contributed by atoms with Gasteiger partial charge in [0.05, 0.1) is 31.7 Å². The van der Waals surface area contributed by atoms with Gasteiger partial charge in [-0.25, -0.2) is 0 Å². The number of piperidine rings is 1. The maximum atomic E-state index is 13.1. The molecule has 0 bridgehead atoms. The fourth-order valence-corrected chi connectivity index (χ4v) is 4.24. The molecule has 6 heteroatoms. The predicted molar refractivity (Wildman–Crippen MR) is 86.2 cm³/mol. The Morgan fingerprint density at radius 3 is 2.21 bits per heavy atom. The lowest BCUT2D eigenvalue weighted by Gasteiger charge is -2.37. The summed E-state index contributed by atoms with van der Waals surface area (Å²) in [5.74, 6) is 0. The molecule has 3 N–H and O–H groups in total. The molecule has 2 heterocycles. The SMILES string of the molecule is C[NH+]1CC[NH+](C2CC[NH+](Cc3ccccc3C(F)(F)F)CC2)CC1. The Hall–Kier alpha value is -1.11. The molecule has 3 nitrogen and oxygen atoms in total. The van der Waals surface area contributed by atoms with Crippen molar-refractivity contribution in [2.45, 2.75) is 31.6 Å². The van der Waals surface area contributed by atoms with Gasteiger partial charge < -0.3 is 14.7 Å². The number of alkyl halides is 3. The molecule has 134 valence electrons. The largest absolute Gasteiger partial charge is 0.416 e. The molecular weight excluding hydrogens is 315 g/mol. The highest BCUT2D eigenvalue weighted by Gasteiger charge is 2.36. The summed E-state index contributed by atoms with van der Waals surface area (Å²) in [5, 5.41) is 0. The highest BCUT2D eigenvalue weighted by Crippen LogP contribution is 2.31. The lowest BCUT2D eigenvalue weighted by molar-refractivity contribution is -1.02. The number of likely N-dealkylation sites (tertiary alicyclic amines) is 1. The second kappa shape index (κ2) is 7.42. The van der Waals surface area contributed by atoms with Crippen LogP contribution in [0.1, 0.15) is 24.0 Å². The molecule has 2 fully saturated rings. The van der Waals surface area contributed by atoms with Gasteiger partial charge in [-0.15, -0.1) is 0 Å². The third-order valence-corrected chi connectivity index (χ3v) is 5.78. The van der Waals surface area contributed by atoms with E-state index in [9.17, 15) is 13.2 Å². The number of quaternary nitrogens is 3. The molecule has 0 radical (unpaired) electrons. The Morgan fingerprint density at radius 2 is 1.58 bits per heavy atom. The highest BCUT2D eigenvalue weighted by atomic mass is 19.4. The number of benzene rings is 1. The monoisotopic (exact) mass is 344 g/mol. The van der Waals surface area contributed by atoms with E-state index in [0.717, 1.165) is 25.9 Å². The van der Waals surface area contributed by atoms with Crippen LogP contribution in [0.15, 0.2) is 24.3 Å². The quantitative estimate of drug-likeness (QED) is 0.601. The predicted octanol–water partition coefficient (Wildman–Crippen LogP) is -1.33. The van der Waals surface area contributed by atoms with Crippen molar-refractivity contribution in [3.8, 4) is 0 Å². The van der Waals surface area contributed by atoms with Crippen LogP contribution in [-0.2, 0) is 12.7 Å². The van der Waals surface area contributed by atoms with E-state index in [1.54, 1.807) is 21.9 Å². The number of likely N-dealkylation sites (N-methyl/N-ethyl adjacent to an activating group) is 1. The molecule has 0 unspecified atom stereocenters. The van der Waals surface area contributed by atoms with Gasteiger partial charge in [-0.3, -0.25) is 0 Å². The zero-order chi connectivity index (χ0) is 17.2. The van der Waals surface area contributed by atoms with Crippen LogP contribution in [0.25, 0.3) is 0 Å². The minimum atomic E-state index is -4.25. The van der Waals surface area contributed by atoms with Crippen LogP contribution >= 0.6 is 0 Å². The van der Waals surface area contributed by atoms with Gasteiger partial charge in [0.2, 0.25) is 0 Å². The summed E-state index contributed by atoms with van der Waals surface area (Å²) in [6.07, 6.45) is -1.98. The van der Waals surface area contributed by atoms with Gasteiger partial charge in [0, 0.05) is 18.4 Å². The lowest BCUT2D eigenvalue weighted by Crippen LogP contribution is -3.29. The first-order chi connectivity index (χ1) is 11.4. The lowest BCUT2D eigenvalue weighted by atomic mass is 10.0. The molecule has 0 spiro atoms. The zero-order valence-electron chi connectivity index (χ0n) is 14.4. The van der Waals surface area contributed by atoms with Crippen molar-refractivity contribution in [3.05, 3.63) is 35.4 Å². The van der Waals surface area contributed by atoms with E-state index in [-0.39, 0.29) is 0 Å². The first-order valence-electron chi connectivity index (χ1n) is 9.08. The van der Waals surface area contributed by atoms with Crippen LogP contribution < -0.4 is 14.7 Å². The molecule has 2 aliphatic heterocycles. The van der Waals surface area contributed by atoms with Crippen LogP contribution in [0.5, 0.6) is 0 Å². The Labute approximate surface area is 142 Å². The van der Waals surface area contributed by atoms with Crippen molar-refractivity contribution in [2.24, 2.45) is 0 Å². The number of nitrogens with one attached hydrogen (secondary N) is 3. The Balaban J connectivity index is 1.55. The van der Waals surface area contributed by atoms with Crippen molar-refractivity contribution in [3.63, 3.8) is 0 Å². The molecule has 0 aliphatic carbocycles. The van der Waals surface area contributed by atoms with E-state index in [2.05, 4.69) is 7.05 Å². The number of hydrogen-bond acceptors (Lipinski definition) is 0. The van der Waals surface area contributed by atoms with Gasteiger partial charge in [-0.2, -0.15) is 13.2 Å². The van der Waals surface area contributed by atoms with Crippen LogP contribution in [0.3, 0.4) is 0 Å². The second-order valence-electron chi connectivity index (χ2n) is 7.47. The maximum Gasteiger partial charge on any atom is 0.416 e. The third-order valence-electron chi connectivity index (χ3n) is 5.78. The topological polar surface area (TPSA) is 13.3 Å². The molecule has 24 heavy (non-hydrogen) atoms. The fourth-order valence-electron chi connectivity index (χ4n) is 4.24. The smallest absolute Gasteiger partial charge is 0.331 e. The first kappa shape index (κ1) is 17.7. The van der Waals surface area contributed by atoms with Gasteiger partial charge in [0.25, 0.3) is 0 Å². The Morgan fingerprint density at radius 1 is 0.958 bits per heavy atom. The molecule has 0 aromatic heterocycles. The number of rotatable bonds is 3. The normalized spacial score (nSPS) is 31.8. The van der Waals surface area contributed by atoms with Crippen molar-refractivity contribution in [1.82, 2.24) is 0 Å². The second-order valence-corrected chi connectivity index (χ2v) is 7.47. The van der Waals surface area contributed by atoms with Crippen molar-refractivity contribution >= 4 is 0 Å². The highest BCUT2D eigenvalue weighted by molar-refractivity contribution is 5.28. The van der Waals surface area contributed by atoms with Crippen molar-refractivity contribution < 1.29 is 27.9 Å². The summed E-state index contributed by atoms with van der Waals surface area (Å²) in [6.45, 7) is 7.42. The molecule has 2 saturated heterocycles. The standard InChI is InChI=1S/C18H26F3N3/c1-22-10-12-24(13-11-22)16-6-8-23(9-7-16)14-15-4-2-3-5-17(15)18(19,20)21/h2-5,16H,6-14H2,1H3/p+3. The van der Waals surface area contributed by atoms with Gasteiger partial charge in [-0.1, -0.05) is 18.2 Å². The molecule has 0 saturated carbocycles. The number of hydrogen-bond donors (Lipinski definition) is 3. The summed E-state index contributed by atoms with van der Waals surface area (Å²) in [4.78, 5) is 4.63. The zero-order valence-corrected chi connectivity index (χ0v) is 14.4. The van der Waals surface area contributed by atoms with Crippen LogP contribution in [0.2, 0.25) is 0 Å². The minimum Gasteiger partial charge on any atom is -0.331 e. The van der Waals surface area contributed by atoms with E-state index < -0.39 is 11.7 Å². The van der Waals surface area contributed by atoms with Gasteiger partial charge in [0.1, 0.15) is 32.7 Å². The van der Waals surface area contributed by atoms with E-state index in [4.69, 9.17) is 0 Å². The van der Waals surface area contributed by atoms with Crippen molar-refractivity contribution in [1.29, 1.82) is 0 Å². The van der Waals surface area contributed by atoms with Crippen LogP contribution in [0.4, 0.5) is 13.2 Å². The third kappa shape index (κ3) is 4.29. The molecule has 0 atom stereocenters. The molecule has 3 rings (SSSR count). The minimum absolute atomic E-state index is 0.439. The first-order valence-corrected chi connectivity index (χ1v) is 9.08.